The minimum absolute atomic E-state index is 0.0630. The van der Waals surface area contributed by atoms with E-state index in [1.807, 2.05) is 30.3 Å². The second kappa shape index (κ2) is 8.97. The normalized spacial score (nSPS) is 10.3. The van der Waals surface area contributed by atoms with Crippen molar-refractivity contribution in [3.8, 4) is 23.5 Å². The number of aromatic nitrogens is 1. The van der Waals surface area contributed by atoms with Crippen molar-refractivity contribution < 1.29 is 9.59 Å². The standard InChI is InChI=1S/C21H19N3O2S/c1-2-3-11-22-20(26)14-23-19(25)13-21-24-17-10-9-16(12-18(17)27-21)15-7-5-4-6-8-15/h1,4-10,12H,3,11,13-14H2,(H,22,26)(H,23,25). The van der Waals surface area contributed by atoms with Crippen molar-refractivity contribution in [2.24, 2.45) is 0 Å². The van der Waals surface area contributed by atoms with Gasteiger partial charge < -0.3 is 10.6 Å². The topological polar surface area (TPSA) is 71.1 Å². The van der Waals surface area contributed by atoms with Crippen molar-refractivity contribution in [2.45, 2.75) is 12.8 Å². The number of carbonyl (C=O) groups excluding carboxylic acids is 2. The smallest absolute Gasteiger partial charge is 0.239 e. The van der Waals surface area contributed by atoms with Gasteiger partial charge in [-0.15, -0.1) is 23.7 Å². The Morgan fingerprint density at radius 3 is 2.63 bits per heavy atom. The predicted molar refractivity (Wildman–Crippen MR) is 108 cm³/mol. The lowest BCUT2D eigenvalue weighted by atomic mass is 10.1. The lowest BCUT2D eigenvalue weighted by molar-refractivity contribution is -0.125. The van der Waals surface area contributed by atoms with Crippen LogP contribution in [-0.4, -0.2) is 29.9 Å². The number of hydrogen-bond donors (Lipinski definition) is 2. The van der Waals surface area contributed by atoms with E-state index in [1.165, 1.54) is 11.3 Å². The maximum Gasteiger partial charge on any atom is 0.239 e. The van der Waals surface area contributed by atoms with Gasteiger partial charge in [0.1, 0.15) is 5.01 Å². The van der Waals surface area contributed by atoms with Crippen LogP contribution in [0.2, 0.25) is 0 Å². The van der Waals surface area contributed by atoms with Crippen LogP contribution >= 0.6 is 11.3 Å². The van der Waals surface area contributed by atoms with Crippen LogP contribution in [0.25, 0.3) is 21.3 Å². The number of fused-ring (bicyclic) bond motifs is 1. The molecule has 3 rings (SSSR count). The Labute approximate surface area is 161 Å². The van der Waals surface area contributed by atoms with Crippen molar-refractivity contribution >= 4 is 33.4 Å². The molecule has 0 aliphatic rings. The molecule has 0 atom stereocenters. The first kappa shape index (κ1) is 18.6. The van der Waals surface area contributed by atoms with E-state index in [-0.39, 0.29) is 24.8 Å². The van der Waals surface area contributed by atoms with E-state index < -0.39 is 0 Å². The molecule has 0 spiro atoms. The van der Waals surface area contributed by atoms with Crippen LogP contribution in [0.5, 0.6) is 0 Å². The van der Waals surface area contributed by atoms with Crippen LogP contribution in [-0.2, 0) is 16.0 Å². The lowest BCUT2D eigenvalue weighted by Gasteiger charge is -2.04. The summed E-state index contributed by atoms with van der Waals surface area (Å²) < 4.78 is 1.03. The number of nitrogens with one attached hydrogen (secondary N) is 2. The molecule has 0 fully saturated rings. The molecule has 5 nitrogen and oxygen atoms in total. The number of benzene rings is 2. The van der Waals surface area contributed by atoms with Gasteiger partial charge in [-0.2, -0.15) is 0 Å². The molecule has 6 heteroatoms. The highest BCUT2D eigenvalue weighted by molar-refractivity contribution is 7.18. The predicted octanol–water partition coefficient (Wildman–Crippen LogP) is 2.76. The van der Waals surface area contributed by atoms with E-state index in [1.54, 1.807) is 0 Å². The van der Waals surface area contributed by atoms with E-state index in [0.717, 1.165) is 26.4 Å². The molecule has 0 aliphatic carbocycles. The summed E-state index contributed by atoms with van der Waals surface area (Å²) in [5, 5.41) is 5.96. The zero-order valence-electron chi connectivity index (χ0n) is 14.7. The molecule has 0 saturated heterocycles. The van der Waals surface area contributed by atoms with Crippen LogP contribution in [0.3, 0.4) is 0 Å². The van der Waals surface area contributed by atoms with Gasteiger partial charge in [0, 0.05) is 13.0 Å². The SMILES string of the molecule is C#CCCNC(=O)CNC(=O)Cc1nc2ccc(-c3ccccc3)cc2s1. The summed E-state index contributed by atoms with van der Waals surface area (Å²) >= 11 is 1.49. The van der Waals surface area contributed by atoms with Gasteiger partial charge in [0.2, 0.25) is 11.8 Å². The summed E-state index contributed by atoms with van der Waals surface area (Å²) in [5.41, 5.74) is 3.13. The maximum absolute atomic E-state index is 12.1. The molecule has 27 heavy (non-hydrogen) atoms. The van der Waals surface area contributed by atoms with Crippen LogP contribution in [0.1, 0.15) is 11.4 Å². The average Bonchev–Trinajstić information content (AvgIpc) is 3.08. The summed E-state index contributed by atoms with van der Waals surface area (Å²) in [6.07, 6.45) is 5.74. The fourth-order valence-corrected chi connectivity index (χ4v) is 3.58. The van der Waals surface area contributed by atoms with Crippen molar-refractivity contribution in [2.75, 3.05) is 13.1 Å². The Balaban J connectivity index is 1.60. The number of amides is 2. The summed E-state index contributed by atoms with van der Waals surface area (Å²) in [6, 6.07) is 16.2. The highest BCUT2D eigenvalue weighted by atomic mass is 32.1. The molecular formula is C21H19N3O2S. The Kier molecular flexibility index (Phi) is 6.18. The van der Waals surface area contributed by atoms with E-state index in [2.05, 4.69) is 39.7 Å². The summed E-state index contributed by atoms with van der Waals surface area (Å²) in [7, 11) is 0. The van der Waals surface area contributed by atoms with Gasteiger partial charge in [-0.25, -0.2) is 4.98 Å². The van der Waals surface area contributed by atoms with Crippen molar-refractivity contribution in [3.05, 3.63) is 53.5 Å². The van der Waals surface area contributed by atoms with Gasteiger partial charge in [0.05, 0.1) is 23.2 Å². The zero-order chi connectivity index (χ0) is 19.1. The summed E-state index contributed by atoms with van der Waals surface area (Å²) in [6.45, 7) is 0.347. The van der Waals surface area contributed by atoms with Crippen LogP contribution in [0.4, 0.5) is 0 Å². The first-order chi connectivity index (χ1) is 13.2. The van der Waals surface area contributed by atoms with Gasteiger partial charge in [0.15, 0.2) is 0 Å². The third-order valence-electron chi connectivity index (χ3n) is 3.89. The monoisotopic (exact) mass is 377 g/mol. The van der Waals surface area contributed by atoms with Crippen LogP contribution < -0.4 is 10.6 Å². The molecule has 0 saturated carbocycles. The fourth-order valence-electron chi connectivity index (χ4n) is 2.57. The fraction of sp³-hybridized carbons (Fsp3) is 0.190. The second-order valence-corrected chi connectivity index (χ2v) is 7.03. The molecule has 2 N–H and O–H groups in total. The number of thiazole rings is 1. The Hall–Kier alpha value is -3.17. The minimum Gasteiger partial charge on any atom is -0.354 e. The van der Waals surface area contributed by atoms with Crippen LogP contribution in [0.15, 0.2) is 48.5 Å². The zero-order valence-corrected chi connectivity index (χ0v) is 15.5. The molecule has 1 aromatic heterocycles. The first-order valence-electron chi connectivity index (χ1n) is 8.57. The largest absolute Gasteiger partial charge is 0.354 e. The van der Waals surface area contributed by atoms with Gasteiger partial charge in [-0.1, -0.05) is 36.4 Å². The van der Waals surface area contributed by atoms with Gasteiger partial charge in [-0.3, -0.25) is 9.59 Å². The van der Waals surface area contributed by atoms with Crippen molar-refractivity contribution in [3.63, 3.8) is 0 Å². The minimum atomic E-state index is -0.254. The molecule has 1 heterocycles. The number of terminal acetylenes is 1. The number of carbonyl (C=O) groups is 2. The quantitative estimate of drug-likeness (QED) is 0.491. The van der Waals surface area contributed by atoms with E-state index in [9.17, 15) is 9.59 Å². The van der Waals surface area contributed by atoms with Crippen LogP contribution in [0, 0.1) is 12.3 Å². The number of rotatable bonds is 7. The first-order valence-corrected chi connectivity index (χ1v) is 9.39. The summed E-state index contributed by atoms with van der Waals surface area (Å²) in [4.78, 5) is 28.1. The molecule has 136 valence electrons. The number of hydrogen-bond acceptors (Lipinski definition) is 4. The van der Waals surface area contributed by atoms with Crippen molar-refractivity contribution in [1.82, 2.24) is 15.6 Å². The molecular weight excluding hydrogens is 358 g/mol. The third kappa shape index (κ3) is 5.16. The van der Waals surface area contributed by atoms with E-state index in [4.69, 9.17) is 6.42 Å². The Morgan fingerprint density at radius 2 is 1.85 bits per heavy atom. The highest BCUT2D eigenvalue weighted by Crippen LogP contribution is 2.28. The average molecular weight is 377 g/mol. The van der Waals surface area contributed by atoms with Gasteiger partial charge in [-0.05, 0) is 23.3 Å². The summed E-state index contributed by atoms with van der Waals surface area (Å²) in [5.74, 6) is 1.95. The van der Waals surface area contributed by atoms with Crippen molar-refractivity contribution in [1.29, 1.82) is 0 Å². The molecule has 2 amide bonds. The molecule has 0 radical (unpaired) electrons. The van der Waals surface area contributed by atoms with E-state index >= 15 is 0 Å². The molecule has 0 unspecified atom stereocenters. The highest BCUT2D eigenvalue weighted by Gasteiger charge is 2.11. The molecule has 0 aliphatic heterocycles. The Bertz CT molecular complexity index is 990. The lowest BCUT2D eigenvalue weighted by Crippen LogP contribution is -2.37. The number of nitrogens with zero attached hydrogens (tertiary/aromatic N) is 1. The molecule has 0 bridgehead atoms. The Morgan fingerprint density at radius 1 is 1.04 bits per heavy atom. The molecule has 3 aromatic rings. The maximum atomic E-state index is 12.1. The third-order valence-corrected chi connectivity index (χ3v) is 4.91. The van der Waals surface area contributed by atoms with Gasteiger partial charge in [0.25, 0.3) is 0 Å². The van der Waals surface area contributed by atoms with Gasteiger partial charge >= 0.3 is 0 Å². The second-order valence-electron chi connectivity index (χ2n) is 5.91. The molecule has 2 aromatic carbocycles. The van der Waals surface area contributed by atoms with E-state index in [0.29, 0.717) is 13.0 Å².